The van der Waals surface area contributed by atoms with Gasteiger partial charge in [-0.25, -0.2) is 4.39 Å². The van der Waals surface area contributed by atoms with Gasteiger partial charge < -0.3 is 10.2 Å². The maximum atomic E-state index is 14.1. The average molecular weight is 313 g/mol. The lowest BCUT2D eigenvalue weighted by Crippen LogP contribution is -2.39. The third-order valence-electron chi connectivity index (χ3n) is 5.11. The minimum atomic E-state index is -0.281. The van der Waals surface area contributed by atoms with Crippen molar-refractivity contribution in [2.75, 3.05) is 13.1 Å². The van der Waals surface area contributed by atoms with Crippen LogP contribution in [0.5, 0.6) is 11.5 Å². The largest absolute Gasteiger partial charge is 0.504 e. The van der Waals surface area contributed by atoms with Gasteiger partial charge in [-0.2, -0.15) is 0 Å². The summed E-state index contributed by atoms with van der Waals surface area (Å²) in [6.45, 7) is 4.12. The van der Waals surface area contributed by atoms with Crippen LogP contribution in [0.1, 0.15) is 36.1 Å². The summed E-state index contributed by atoms with van der Waals surface area (Å²) >= 11 is 0. The summed E-state index contributed by atoms with van der Waals surface area (Å²) in [5, 5.41) is 20.2. The molecule has 2 N–H and O–H groups in total. The van der Waals surface area contributed by atoms with Gasteiger partial charge in [0.05, 0.1) is 0 Å². The van der Waals surface area contributed by atoms with E-state index in [2.05, 4.69) is 11.8 Å². The van der Waals surface area contributed by atoms with Crippen LogP contribution in [-0.4, -0.2) is 28.2 Å². The third kappa shape index (κ3) is 2.12. The number of phenols is 2. The van der Waals surface area contributed by atoms with Crippen LogP contribution in [0.3, 0.4) is 0 Å². The lowest BCUT2D eigenvalue weighted by molar-refractivity contribution is 0.182. The van der Waals surface area contributed by atoms with Crippen LogP contribution in [0.25, 0.3) is 11.1 Å². The second-order valence-electron chi connectivity index (χ2n) is 6.50. The first-order valence-corrected chi connectivity index (χ1v) is 8.20. The molecule has 1 aliphatic carbocycles. The molecule has 0 amide bonds. The fourth-order valence-corrected chi connectivity index (χ4v) is 4.17. The van der Waals surface area contributed by atoms with E-state index >= 15 is 0 Å². The highest BCUT2D eigenvalue weighted by atomic mass is 19.1. The predicted octanol–water partition coefficient (Wildman–Crippen LogP) is 3.77. The number of rotatable bonds is 2. The summed E-state index contributed by atoms with van der Waals surface area (Å²) in [5.74, 6) is -0.570. The van der Waals surface area contributed by atoms with Crippen molar-refractivity contribution >= 4 is 0 Å². The molecule has 0 fully saturated rings. The Labute approximate surface area is 135 Å². The van der Waals surface area contributed by atoms with Crippen molar-refractivity contribution < 1.29 is 14.6 Å². The van der Waals surface area contributed by atoms with Gasteiger partial charge in [0.2, 0.25) is 0 Å². The standard InChI is InChI=1S/C19H20FNO2/c1-2-6-21-7-5-12-8-13(20)10-14-17(12)15(21)9-11-3-4-16(22)19(23)18(11)14/h3-4,8,10,15,22-23H,2,5-7,9H2,1H3. The molecular formula is C19H20FNO2. The van der Waals surface area contributed by atoms with Crippen molar-refractivity contribution in [3.63, 3.8) is 0 Å². The number of aromatic hydroxyl groups is 2. The van der Waals surface area contributed by atoms with Crippen LogP contribution in [0.2, 0.25) is 0 Å². The molecule has 2 aliphatic rings. The number of phenolic OH excluding ortho intramolecular Hbond substituents is 2. The van der Waals surface area contributed by atoms with Crippen molar-refractivity contribution in [3.8, 4) is 22.6 Å². The number of nitrogens with zero attached hydrogens (tertiary/aromatic N) is 1. The highest BCUT2D eigenvalue weighted by Gasteiger charge is 2.35. The molecule has 0 saturated carbocycles. The van der Waals surface area contributed by atoms with Gasteiger partial charge in [0, 0.05) is 18.2 Å². The molecule has 2 aromatic carbocycles. The van der Waals surface area contributed by atoms with Gasteiger partial charge >= 0.3 is 0 Å². The van der Waals surface area contributed by atoms with Crippen molar-refractivity contribution in [2.24, 2.45) is 0 Å². The molecule has 0 bridgehead atoms. The molecule has 0 spiro atoms. The van der Waals surface area contributed by atoms with Gasteiger partial charge in [-0.3, -0.25) is 4.90 Å². The molecule has 23 heavy (non-hydrogen) atoms. The normalized spacial score (nSPS) is 19.3. The average Bonchev–Trinajstić information content (AvgIpc) is 2.53. The van der Waals surface area contributed by atoms with Crippen LogP contribution >= 0.6 is 0 Å². The van der Waals surface area contributed by atoms with Crippen LogP contribution in [0, 0.1) is 5.82 Å². The lowest BCUT2D eigenvalue weighted by Gasteiger charge is -2.41. The fraction of sp³-hybridized carbons (Fsp3) is 0.368. The summed E-state index contributed by atoms with van der Waals surface area (Å²) in [5.41, 5.74) is 4.46. The first kappa shape index (κ1) is 14.5. The highest BCUT2D eigenvalue weighted by molar-refractivity contribution is 5.82. The van der Waals surface area contributed by atoms with Crippen LogP contribution in [-0.2, 0) is 12.8 Å². The smallest absolute Gasteiger partial charge is 0.165 e. The molecule has 120 valence electrons. The van der Waals surface area contributed by atoms with Gasteiger partial charge in [0.15, 0.2) is 11.5 Å². The zero-order valence-electron chi connectivity index (χ0n) is 13.1. The maximum Gasteiger partial charge on any atom is 0.165 e. The van der Waals surface area contributed by atoms with Gasteiger partial charge in [-0.15, -0.1) is 0 Å². The summed E-state index contributed by atoms with van der Waals surface area (Å²) in [6.07, 6.45) is 2.69. The Morgan fingerprint density at radius 3 is 2.83 bits per heavy atom. The van der Waals surface area contributed by atoms with Crippen molar-refractivity contribution in [3.05, 3.63) is 46.8 Å². The summed E-state index contributed by atoms with van der Waals surface area (Å²) < 4.78 is 14.1. The molecule has 0 saturated heterocycles. The van der Waals surface area contributed by atoms with Gasteiger partial charge in [0.25, 0.3) is 0 Å². The van der Waals surface area contributed by atoms with E-state index in [4.69, 9.17) is 0 Å². The van der Waals surface area contributed by atoms with Crippen molar-refractivity contribution in [2.45, 2.75) is 32.2 Å². The second kappa shape index (κ2) is 5.24. The summed E-state index contributed by atoms with van der Waals surface area (Å²) in [4.78, 5) is 2.45. The molecule has 4 heteroatoms. The Kier molecular flexibility index (Phi) is 3.31. The van der Waals surface area contributed by atoms with Crippen LogP contribution in [0.15, 0.2) is 24.3 Å². The van der Waals surface area contributed by atoms with E-state index in [0.29, 0.717) is 5.56 Å². The molecule has 1 unspecified atom stereocenters. The molecule has 1 aliphatic heterocycles. The third-order valence-corrected chi connectivity index (χ3v) is 5.11. The zero-order chi connectivity index (χ0) is 16.1. The molecule has 1 atom stereocenters. The van der Waals surface area contributed by atoms with E-state index in [1.165, 1.54) is 12.1 Å². The molecular weight excluding hydrogens is 293 g/mol. The monoisotopic (exact) mass is 313 g/mol. The van der Waals surface area contributed by atoms with Crippen molar-refractivity contribution in [1.82, 2.24) is 4.90 Å². The topological polar surface area (TPSA) is 43.7 Å². The van der Waals surface area contributed by atoms with Crippen molar-refractivity contribution in [1.29, 1.82) is 0 Å². The first-order chi connectivity index (χ1) is 11.1. The summed E-state index contributed by atoms with van der Waals surface area (Å²) in [6, 6.07) is 6.72. The fourth-order valence-electron chi connectivity index (χ4n) is 4.17. The Morgan fingerprint density at radius 2 is 2.04 bits per heavy atom. The van der Waals surface area contributed by atoms with E-state index in [9.17, 15) is 14.6 Å². The Balaban J connectivity index is 1.98. The van der Waals surface area contributed by atoms with E-state index in [1.807, 2.05) is 6.07 Å². The number of benzene rings is 2. The number of halogens is 1. The van der Waals surface area contributed by atoms with E-state index in [-0.39, 0.29) is 23.4 Å². The molecule has 0 radical (unpaired) electrons. The molecule has 1 heterocycles. The van der Waals surface area contributed by atoms with E-state index in [0.717, 1.165) is 54.6 Å². The minimum Gasteiger partial charge on any atom is -0.504 e. The van der Waals surface area contributed by atoms with Gasteiger partial charge in [0.1, 0.15) is 5.82 Å². The Morgan fingerprint density at radius 1 is 1.22 bits per heavy atom. The number of hydrogen-bond acceptors (Lipinski definition) is 3. The van der Waals surface area contributed by atoms with Crippen LogP contribution in [0.4, 0.5) is 4.39 Å². The first-order valence-electron chi connectivity index (χ1n) is 8.20. The molecule has 2 aromatic rings. The number of hydrogen-bond donors (Lipinski definition) is 2. The quantitative estimate of drug-likeness (QED) is 0.830. The Bertz CT molecular complexity index is 787. The molecule has 4 rings (SSSR count). The molecule has 3 nitrogen and oxygen atoms in total. The van der Waals surface area contributed by atoms with E-state index in [1.54, 1.807) is 6.07 Å². The number of fused-ring (bicyclic) bond motifs is 2. The highest BCUT2D eigenvalue weighted by Crippen LogP contribution is 2.50. The maximum absolute atomic E-state index is 14.1. The second-order valence-corrected chi connectivity index (χ2v) is 6.50. The van der Waals surface area contributed by atoms with Gasteiger partial charge in [-0.1, -0.05) is 13.0 Å². The summed E-state index contributed by atoms with van der Waals surface area (Å²) in [7, 11) is 0. The predicted molar refractivity (Wildman–Crippen MR) is 87.2 cm³/mol. The van der Waals surface area contributed by atoms with E-state index < -0.39 is 0 Å². The van der Waals surface area contributed by atoms with Crippen LogP contribution < -0.4 is 0 Å². The minimum absolute atomic E-state index is 0.138. The lowest BCUT2D eigenvalue weighted by atomic mass is 9.76. The van der Waals surface area contributed by atoms with Gasteiger partial charge in [-0.05, 0) is 66.3 Å². The Hall–Kier alpha value is -2.07. The molecule has 0 aromatic heterocycles. The zero-order valence-corrected chi connectivity index (χ0v) is 13.1. The SMILES string of the molecule is CCCN1CCc2cc(F)cc3c2C1Cc1ccc(O)c(O)c1-3.